The van der Waals surface area contributed by atoms with E-state index in [2.05, 4.69) is 43.5 Å². The van der Waals surface area contributed by atoms with Crippen molar-refractivity contribution in [3.63, 3.8) is 0 Å². The zero-order valence-electron chi connectivity index (χ0n) is 16.5. The van der Waals surface area contributed by atoms with E-state index in [0.717, 1.165) is 5.56 Å². The van der Waals surface area contributed by atoms with Crippen molar-refractivity contribution >= 4 is 17.9 Å². The zero-order valence-corrected chi connectivity index (χ0v) is 16.5. The minimum absolute atomic E-state index is 0.0854. The van der Waals surface area contributed by atoms with Crippen molar-refractivity contribution in [2.45, 2.75) is 71.9 Å². The van der Waals surface area contributed by atoms with Crippen LogP contribution in [0.1, 0.15) is 59.1 Å². The monoisotopic (exact) mass is 362 g/mol. The summed E-state index contributed by atoms with van der Waals surface area (Å²) in [6.07, 6.45) is -0.320. The van der Waals surface area contributed by atoms with Crippen LogP contribution in [0.15, 0.2) is 24.3 Å². The molecule has 26 heavy (non-hydrogen) atoms. The summed E-state index contributed by atoms with van der Waals surface area (Å²) < 4.78 is 5.09. The van der Waals surface area contributed by atoms with E-state index in [1.165, 1.54) is 12.5 Å². The number of imide groups is 1. The van der Waals surface area contributed by atoms with E-state index >= 15 is 0 Å². The molecule has 0 spiro atoms. The summed E-state index contributed by atoms with van der Waals surface area (Å²) in [5.74, 6) is -1.12. The molecule has 1 atom stereocenters. The molecule has 2 N–H and O–H groups in total. The fourth-order valence-electron chi connectivity index (χ4n) is 2.24. The Morgan fingerprint density at radius 1 is 1.04 bits per heavy atom. The first-order valence-corrected chi connectivity index (χ1v) is 8.89. The maximum atomic E-state index is 11.9. The van der Waals surface area contributed by atoms with Crippen LogP contribution < -0.4 is 10.6 Å². The Morgan fingerprint density at radius 2 is 1.62 bits per heavy atom. The summed E-state index contributed by atoms with van der Waals surface area (Å²) in [7, 11) is 0. The number of amides is 3. The number of carbonyl (C=O) groups is 3. The molecule has 0 aliphatic heterocycles. The van der Waals surface area contributed by atoms with Crippen molar-refractivity contribution in [1.29, 1.82) is 0 Å². The van der Waals surface area contributed by atoms with Crippen LogP contribution in [0.3, 0.4) is 0 Å². The van der Waals surface area contributed by atoms with Crippen LogP contribution in [0.4, 0.5) is 4.79 Å². The van der Waals surface area contributed by atoms with Gasteiger partial charge in [-0.15, -0.1) is 0 Å². The van der Waals surface area contributed by atoms with Crippen LogP contribution in [-0.4, -0.2) is 30.1 Å². The van der Waals surface area contributed by atoms with Gasteiger partial charge in [-0.1, -0.05) is 45.0 Å². The minimum Gasteiger partial charge on any atom is -0.453 e. The predicted octanol–water partition coefficient (Wildman–Crippen LogP) is 3.08. The van der Waals surface area contributed by atoms with E-state index in [-0.39, 0.29) is 17.9 Å². The molecular weight excluding hydrogens is 332 g/mol. The number of hydrogen-bond acceptors (Lipinski definition) is 4. The molecule has 0 bridgehead atoms. The second kappa shape index (κ2) is 9.36. The van der Waals surface area contributed by atoms with E-state index in [1.807, 2.05) is 12.1 Å². The van der Waals surface area contributed by atoms with Gasteiger partial charge in [0.1, 0.15) is 0 Å². The number of rotatable bonds is 6. The first-order chi connectivity index (χ1) is 12.0. The largest absolute Gasteiger partial charge is 0.453 e. The average molecular weight is 362 g/mol. The molecule has 0 aromatic heterocycles. The SMILES string of the molecule is CC(C)NC(=O)NC(=O)[C@H](C)OC(=O)CCc1ccc(C(C)(C)C)cc1. The van der Waals surface area contributed by atoms with Gasteiger partial charge in [0.2, 0.25) is 0 Å². The molecule has 6 nitrogen and oxygen atoms in total. The molecular formula is C20H30N2O4. The van der Waals surface area contributed by atoms with Crippen molar-refractivity contribution in [3.8, 4) is 0 Å². The first kappa shape index (κ1) is 21.7. The fourth-order valence-corrected chi connectivity index (χ4v) is 2.24. The van der Waals surface area contributed by atoms with Gasteiger partial charge in [-0.05, 0) is 43.7 Å². The van der Waals surface area contributed by atoms with E-state index in [4.69, 9.17) is 4.74 Å². The lowest BCUT2D eigenvalue weighted by atomic mass is 9.86. The van der Waals surface area contributed by atoms with Crippen molar-refractivity contribution < 1.29 is 19.1 Å². The van der Waals surface area contributed by atoms with Crippen LogP contribution >= 0.6 is 0 Å². The van der Waals surface area contributed by atoms with Crippen LogP contribution in [0.2, 0.25) is 0 Å². The third kappa shape index (κ3) is 7.68. The second-order valence-electron chi connectivity index (χ2n) is 7.70. The summed E-state index contributed by atoms with van der Waals surface area (Å²) in [6, 6.07) is 7.42. The second-order valence-corrected chi connectivity index (χ2v) is 7.70. The van der Waals surface area contributed by atoms with Crippen LogP contribution in [0.25, 0.3) is 0 Å². The molecule has 1 aromatic rings. The Hall–Kier alpha value is -2.37. The Morgan fingerprint density at radius 3 is 2.12 bits per heavy atom. The van der Waals surface area contributed by atoms with Crippen molar-refractivity contribution in [3.05, 3.63) is 35.4 Å². The summed E-state index contributed by atoms with van der Waals surface area (Å²) in [5, 5.41) is 4.68. The van der Waals surface area contributed by atoms with Gasteiger partial charge >= 0.3 is 12.0 Å². The minimum atomic E-state index is -1.02. The molecule has 0 radical (unpaired) electrons. The highest BCUT2D eigenvalue weighted by atomic mass is 16.5. The molecule has 1 aromatic carbocycles. The normalized spacial score (nSPS) is 12.4. The third-order valence-corrected chi connectivity index (χ3v) is 3.77. The van der Waals surface area contributed by atoms with Gasteiger partial charge in [0, 0.05) is 12.5 Å². The zero-order chi connectivity index (χ0) is 19.9. The molecule has 0 unspecified atom stereocenters. The maximum absolute atomic E-state index is 11.9. The number of carbonyl (C=O) groups excluding carboxylic acids is 3. The lowest BCUT2D eigenvalue weighted by Crippen LogP contribution is -2.46. The van der Waals surface area contributed by atoms with Crippen LogP contribution in [-0.2, 0) is 26.2 Å². The van der Waals surface area contributed by atoms with Crippen LogP contribution in [0, 0.1) is 0 Å². The predicted molar refractivity (Wildman–Crippen MR) is 101 cm³/mol. The van der Waals surface area contributed by atoms with Crippen LogP contribution in [0.5, 0.6) is 0 Å². The van der Waals surface area contributed by atoms with E-state index in [0.29, 0.717) is 6.42 Å². The molecule has 0 aliphatic rings. The Balaban J connectivity index is 2.43. The highest BCUT2D eigenvalue weighted by molar-refractivity contribution is 5.97. The number of nitrogens with one attached hydrogen (secondary N) is 2. The summed E-state index contributed by atoms with van der Waals surface area (Å²) in [5.41, 5.74) is 2.35. The Kier molecular flexibility index (Phi) is 7.80. The average Bonchev–Trinajstić information content (AvgIpc) is 2.51. The van der Waals surface area contributed by atoms with Gasteiger partial charge in [-0.3, -0.25) is 14.9 Å². The number of ether oxygens (including phenoxy) is 1. The van der Waals surface area contributed by atoms with Gasteiger partial charge < -0.3 is 10.1 Å². The fraction of sp³-hybridized carbons (Fsp3) is 0.550. The highest BCUT2D eigenvalue weighted by Crippen LogP contribution is 2.22. The molecule has 0 aliphatic carbocycles. The van der Waals surface area contributed by atoms with Gasteiger partial charge in [-0.2, -0.15) is 0 Å². The Labute approximate surface area is 155 Å². The van der Waals surface area contributed by atoms with Crippen molar-refractivity contribution in [1.82, 2.24) is 10.6 Å². The number of esters is 1. The topological polar surface area (TPSA) is 84.5 Å². The number of hydrogen-bond donors (Lipinski definition) is 2. The lowest BCUT2D eigenvalue weighted by molar-refractivity contribution is -0.154. The molecule has 6 heteroatoms. The van der Waals surface area contributed by atoms with Crippen molar-refractivity contribution in [2.24, 2.45) is 0 Å². The number of urea groups is 1. The van der Waals surface area contributed by atoms with E-state index in [1.54, 1.807) is 13.8 Å². The van der Waals surface area contributed by atoms with Crippen molar-refractivity contribution in [2.75, 3.05) is 0 Å². The van der Waals surface area contributed by atoms with E-state index in [9.17, 15) is 14.4 Å². The number of aryl methyl sites for hydroxylation is 1. The first-order valence-electron chi connectivity index (χ1n) is 8.89. The summed E-state index contributed by atoms with van der Waals surface area (Å²) in [4.78, 5) is 35.2. The number of benzene rings is 1. The van der Waals surface area contributed by atoms with Gasteiger partial charge in [-0.25, -0.2) is 4.79 Å². The molecule has 1 rings (SSSR count). The van der Waals surface area contributed by atoms with Gasteiger partial charge in [0.05, 0.1) is 0 Å². The lowest BCUT2D eigenvalue weighted by Gasteiger charge is -2.19. The standard InChI is InChI=1S/C20H30N2O4/c1-13(2)21-19(25)22-18(24)14(3)26-17(23)12-9-15-7-10-16(11-8-15)20(4,5)6/h7-8,10-11,13-14H,9,12H2,1-6H3,(H2,21,22,24,25)/t14-/m0/s1. The molecule has 0 fully saturated rings. The molecule has 0 saturated heterocycles. The quantitative estimate of drug-likeness (QED) is 0.762. The van der Waals surface area contributed by atoms with Gasteiger partial charge in [0.25, 0.3) is 5.91 Å². The van der Waals surface area contributed by atoms with Gasteiger partial charge in [0.15, 0.2) is 6.10 Å². The Bertz CT molecular complexity index is 630. The third-order valence-electron chi connectivity index (χ3n) is 3.77. The molecule has 3 amide bonds. The van der Waals surface area contributed by atoms with E-state index < -0.39 is 24.0 Å². The maximum Gasteiger partial charge on any atom is 0.321 e. The summed E-state index contributed by atoms with van der Waals surface area (Å²) in [6.45, 7) is 11.4. The molecule has 144 valence electrons. The molecule has 0 saturated carbocycles. The highest BCUT2D eigenvalue weighted by Gasteiger charge is 2.20. The smallest absolute Gasteiger partial charge is 0.321 e. The summed E-state index contributed by atoms with van der Waals surface area (Å²) >= 11 is 0. The molecule has 0 heterocycles.